The first kappa shape index (κ1) is 14.8. The van der Waals surface area contributed by atoms with Crippen LogP contribution in [0.4, 0.5) is 24.5 Å². The van der Waals surface area contributed by atoms with E-state index >= 15 is 0 Å². The summed E-state index contributed by atoms with van der Waals surface area (Å²) in [7, 11) is 0. The van der Waals surface area contributed by atoms with Crippen molar-refractivity contribution in [2.75, 3.05) is 23.8 Å². The molecule has 1 saturated carbocycles. The van der Waals surface area contributed by atoms with Crippen LogP contribution in [0, 0.1) is 5.82 Å². The summed E-state index contributed by atoms with van der Waals surface area (Å²) in [6, 6.07) is 2.33. The second-order valence-corrected chi connectivity index (χ2v) is 4.72. The zero-order valence-electron chi connectivity index (χ0n) is 10.9. The lowest BCUT2D eigenvalue weighted by molar-refractivity contribution is -0.0521. The molecule has 4 nitrogen and oxygen atoms in total. The van der Waals surface area contributed by atoms with Crippen LogP contribution in [0.1, 0.15) is 19.3 Å². The van der Waals surface area contributed by atoms with Crippen molar-refractivity contribution in [3.63, 3.8) is 0 Å². The number of aliphatic hydroxyl groups excluding tert-OH is 1. The minimum absolute atomic E-state index is 0.0989. The molecule has 1 aliphatic carbocycles. The summed E-state index contributed by atoms with van der Waals surface area (Å²) >= 11 is 0. The minimum atomic E-state index is -3.10. The number of benzene rings is 1. The number of rotatable bonds is 6. The summed E-state index contributed by atoms with van der Waals surface area (Å²) in [5.41, 5.74) is 6.32. The lowest BCUT2D eigenvalue weighted by Crippen LogP contribution is -2.42. The fraction of sp³-hybridized carbons (Fsp3) is 0.538. The monoisotopic (exact) mass is 290 g/mol. The summed E-state index contributed by atoms with van der Waals surface area (Å²) in [6.07, 6.45) is 2.93. The van der Waals surface area contributed by atoms with Crippen LogP contribution in [0.15, 0.2) is 12.1 Å². The number of alkyl halides is 2. The van der Waals surface area contributed by atoms with E-state index in [0.717, 1.165) is 25.3 Å². The highest BCUT2D eigenvalue weighted by Gasteiger charge is 2.27. The average molecular weight is 290 g/mol. The Morgan fingerprint density at radius 3 is 2.60 bits per heavy atom. The van der Waals surface area contributed by atoms with Crippen molar-refractivity contribution in [1.29, 1.82) is 0 Å². The zero-order chi connectivity index (χ0) is 14.7. The molecule has 0 spiro atoms. The maximum Gasteiger partial charge on any atom is 0.387 e. The second-order valence-electron chi connectivity index (χ2n) is 4.72. The quantitative estimate of drug-likeness (QED) is 0.790. The fourth-order valence-electron chi connectivity index (χ4n) is 2.30. The van der Waals surface area contributed by atoms with Crippen LogP contribution in [0.3, 0.4) is 0 Å². The fourth-order valence-corrected chi connectivity index (χ4v) is 2.30. The molecule has 3 N–H and O–H groups in total. The van der Waals surface area contributed by atoms with E-state index in [2.05, 4.69) is 4.74 Å². The Kier molecular flexibility index (Phi) is 4.59. The first-order chi connectivity index (χ1) is 9.52. The van der Waals surface area contributed by atoms with Gasteiger partial charge >= 0.3 is 6.61 Å². The van der Waals surface area contributed by atoms with E-state index in [4.69, 9.17) is 10.8 Å². The van der Waals surface area contributed by atoms with Gasteiger partial charge in [0.15, 0.2) is 11.6 Å². The third-order valence-electron chi connectivity index (χ3n) is 3.46. The molecular weight excluding hydrogens is 273 g/mol. The van der Waals surface area contributed by atoms with Crippen molar-refractivity contribution in [1.82, 2.24) is 0 Å². The summed E-state index contributed by atoms with van der Waals surface area (Å²) < 4.78 is 42.2. The summed E-state index contributed by atoms with van der Waals surface area (Å²) in [5, 5.41) is 9.12. The summed E-state index contributed by atoms with van der Waals surface area (Å²) in [4.78, 5) is 1.82. The SMILES string of the molecule is Nc1cc(F)c(OC(F)F)cc1N(CCO)C1CCC1. The molecule has 1 aliphatic rings. The molecule has 0 aliphatic heterocycles. The van der Waals surface area contributed by atoms with Gasteiger partial charge in [-0.1, -0.05) is 0 Å². The highest BCUT2D eigenvalue weighted by molar-refractivity contribution is 5.70. The van der Waals surface area contributed by atoms with Gasteiger partial charge in [-0.2, -0.15) is 8.78 Å². The number of nitrogens with zero attached hydrogens (tertiary/aromatic N) is 1. The van der Waals surface area contributed by atoms with Crippen molar-refractivity contribution >= 4 is 11.4 Å². The van der Waals surface area contributed by atoms with E-state index in [9.17, 15) is 13.2 Å². The number of aliphatic hydroxyl groups is 1. The normalized spacial score (nSPS) is 15.2. The van der Waals surface area contributed by atoms with Gasteiger partial charge in [0.2, 0.25) is 0 Å². The zero-order valence-corrected chi connectivity index (χ0v) is 10.9. The number of nitrogens with two attached hydrogens (primary N) is 1. The molecule has 0 heterocycles. The molecule has 0 unspecified atom stereocenters. The predicted molar refractivity (Wildman–Crippen MR) is 69.5 cm³/mol. The Labute approximate surface area is 114 Å². The molecular formula is C13H17F3N2O2. The second kappa shape index (κ2) is 6.21. The molecule has 0 radical (unpaired) electrons. The summed E-state index contributed by atoms with van der Waals surface area (Å²) in [6.45, 7) is -2.89. The van der Waals surface area contributed by atoms with Gasteiger partial charge in [0.1, 0.15) is 0 Å². The van der Waals surface area contributed by atoms with Gasteiger partial charge in [-0.15, -0.1) is 0 Å². The molecule has 1 aromatic rings. The van der Waals surface area contributed by atoms with Crippen molar-refractivity contribution in [2.24, 2.45) is 0 Å². The van der Waals surface area contributed by atoms with Crippen LogP contribution in [0.25, 0.3) is 0 Å². The van der Waals surface area contributed by atoms with Crippen LogP contribution in [-0.4, -0.2) is 30.9 Å². The molecule has 20 heavy (non-hydrogen) atoms. The van der Waals surface area contributed by atoms with E-state index in [1.807, 2.05) is 4.90 Å². The number of hydrogen-bond donors (Lipinski definition) is 2. The van der Waals surface area contributed by atoms with E-state index in [-0.39, 0.29) is 18.3 Å². The van der Waals surface area contributed by atoms with Crippen LogP contribution in [-0.2, 0) is 0 Å². The lowest BCUT2D eigenvalue weighted by Gasteiger charge is -2.39. The van der Waals surface area contributed by atoms with Crippen LogP contribution in [0.2, 0.25) is 0 Å². The molecule has 0 saturated heterocycles. The highest BCUT2D eigenvalue weighted by atomic mass is 19.3. The van der Waals surface area contributed by atoms with Crippen LogP contribution in [0.5, 0.6) is 5.75 Å². The smallest absolute Gasteiger partial charge is 0.387 e. The first-order valence-electron chi connectivity index (χ1n) is 6.44. The van der Waals surface area contributed by atoms with Gasteiger partial charge in [-0.3, -0.25) is 0 Å². The molecule has 1 aromatic carbocycles. The summed E-state index contributed by atoms with van der Waals surface area (Å²) in [5.74, 6) is -1.46. The van der Waals surface area contributed by atoms with Gasteiger partial charge in [-0.05, 0) is 19.3 Å². The van der Waals surface area contributed by atoms with Crippen molar-refractivity contribution in [3.8, 4) is 5.75 Å². The Hall–Kier alpha value is -1.63. The number of anilines is 2. The number of nitrogen functional groups attached to an aromatic ring is 1. The lowest BCUT2D eigenvalue weighted by atomic mass is 9.91. The molecule has 2 rings (SSSR count). The first-order valence-corrected chi connectivity index (χ1v) is 6.44. The average Bonchev–Trinajstić information content (AvgIpc) is 2.29. The molecule has 0 amide bonds. The highest BCUT2D eigenvalue weighted by Crippen LogP contribution is 2.36. The Balaban J connectivity index is 2.32. The van der Waals surface area contributed by atoms with Crippen molar-refractivity contribution in [3.05, 3.63) is 17.9 Å². The topological polar surface area (TPSA) is 58.7 Å². The van der Waals surface area contributed by atoms with Crippen molar-refractivity contribution in [2.45, 2.75) is 31.9 Å². The molecule has 1 fully saturated rings. The third-order valence-corrected chi connectivity index (χ3v) is 3.46. The van der Waals surface area contributed by atoms with Crippen LogP contribution < -0.4 is 15.4 Å². The minimum Gasteiger partial charge on any atom is -0.432 e. The van der Waals surface area contributed by atoms with Crippen molar-refractivity contribution < 1.29 is 23.0 Å². The van der Waals surface area contributed by atoms with Crippen LogP contribution >= 0.6 is 0 Å². The maximum absolute atomic E-state index is 13.5. The third kappa shape index (κ3) is 3.09. The Bertz CT molecular complexity index is 467. The van der Waals surface area contributed by atoms with Gasteiger partial charge in [0.25, 0.3) is 0 Å². The molecule has 0 bridgehead atoms. The number of halogens is 3. The van der Waals surface area contributed by atoms with E-state index in [1.165, 1.54) is 6.07 Å². The molecule has 7 heteroatoms. The van der Waals surface area contributed by atoms with Gasteiger partial charge < -0.3 is 20.5 Å². The Morgan fingerprint density at radius 1 is 1.40 bits per heavy atom. The maximum atomic E-state index is 13.5. The van der Waals surface area contributed by atoms with E-state index < -0.39 is 18.2 Å². The largest absolute Gasteiger partial charge is 0.432 e. The number of ether oxygens (including phenoxy) is 1. The van der Waals surface area contributed by atoms with Gasteiger partial charge in [-0.25, -0.2) is 4.39 Å². The van der Waals surface area contributed by atoms with E-state index in [0.29, 0.717) is 12.2 Å². The molecule has 0 aromatic heterocycles. The van der Waals surface area contributed by atoms with Gasteiger partial charge in [0, 0.05) is 24.7 Å². The van der Waals surface area contributed by atoms with Gasteiger partial charge in [0.05, 0.1) is 18.0 Å². The molecule has 0 atom stereocenters. The predicted octanol–water partition coefficient (Wildman–Crippen LogP) is 2.36. The van der Waals surface area contributed by atoms with E-state index in [1.54, 1.807) is 0 Å². The standard InChI is InChI=1S/C13H17F3N2O2/c14-9-6-10(17)11(7-12(9)20-13(15)16)18(4-5-19)8-2-1-3-8/h6-8,13,19H,1-5,17H2. The Morgan fingerprint density at radius 2 is 2.10 bits per heavy atom. The number of hydrogen-bond acceptors (Lipinski definition) is 4. The molecule has 112 valence electrons.